The summed E-state index contributed by atoms with van der Waals surface area (Å²) in [5.41, 5.74) is 1.65. The molecule has 33 heavy (non-hydrogen) atoms. The lowest BCUT2D eigenvalue weighted by Gasteiger charge is -2.15. The molecule has 4 N–H and O–H groups in total. The number of carbonyl (C=O) groups is 3. The van der Waals surface area contributed by atoms with Gasteiger partial charge in [0, 0.05) is 17.1 Å². The van der Waals surface area contributed by atoms with E-state index in [4.69, 9.17) is 4.42 Å². The molecule has 10 nitrogen and oxygen atoms in total. The second kappa shape index (κ2) is 10.0. The Bertz CT molecular complexity index is 1270. The van der Waals surface area contributed by atoms with Crippen LogP contribution in [0.2, 0.25) is 0 Å². The fourth-order valence-corrected chi connectivity index (χ4v) is 3.45. The molecule has 3 amide bonds. The molecule has 1 heterocycles. The Morgan fingerprint density at radius 2 is 1.52 bits per heavy atom. The van der Waals surface area contributed by atoms with Gasteiger partial charge in [0.15, 0.2) is 5.76 Å². The number of anilines is 3. The molecule has 0 aliphatic carbocycles. The lowest BCUT2D eigenvalue weighted by Crippen LogP contribution is -2.36. The Labute approximate surface area is 190 Å². The Morgan fingerprint density at radius 3 is 2.18 bits per heavy atom. The van der Waals surface area contributed by atoms with Gasteiger partial charge in [0.05, 0.1) is 18.6 Å². The second-order valence-electron chi connectivity index (χ2n) is 7.16. The maximum absolute atomic E-state index is 12.3. The number of hydrogen-bond donors (Lipinski definition) is 4. The number of sulfonamides is 1. The van der Waals surface area contributed by atoms with Crippen molar-refractivity contribution in [1.29, 1.82) is 0 Å². The molecule has 2 aromatic carbocycles. The fourth-order valence-electron chi connectivity index (χ4n) is 2.89. The summed E-state index contributed by atoms with van der Waals surface area (Å²) in [5, 5.41) is 7.66. The van der Waals surface area contributed by atoms with E-state index in [9.17, 15) is 22.8 Å². The zero-order valence-corrected chi connectivity index (χ0v) is 18.6. The Balaban J connectivity index is 1.60. The van der Waals surface area contributed by atoms with Gasteiger partial charge in [0.25, 0.3) is 5.91 Å². The Hall–Kier alpha value is -4.12. The average molecular weight is 471 g/mol. The molecule has 3 rings (SSSR count). The summed E-state index contributed by atoms with van der Waals surface area (Å²) in [6, 6.07) is 15.3. The molecular weight excluding hydrogens is 448 g/mol. The molecule has 0 fully saturated rings. The Kier molecular flexibility index (Phi) is 7.13. The summed E-state index contributed by atoms with van der Waals surface area (Å²) >= 11 is 0. The number of nitrogens with one attached hydrogen (secondary N) is 4. The van der Waals surface area contributed by atoms with Crippen molar-refractivity contribution in [3.63, 3.8) is 0 Å². The lowest BCUT2D eigenvalue weighted by atomic mass is 10.1. The molecule has 0 saturated heterocycles. The molecule has 1 aromatic heterocycles. The fraction of sp³-hybridized carbons (Fsp3) is 0.136. The molecule has 11 heteroatoms. The first-order valence-corrected chi connectivity index (χ1v) is 11.6. The molecule has 3 aromatic rings. The highest BCUT2D eigenvalue weighted by atomic mass is 32.2. The third-order valence-corrected chi connectivity index (χ3v) is 4.97. The minimum Gasteiger partial charge on any atom is -0.459 e. The zero-order valence-electron chi connectivity index (χ0n) is 17.8. The van der Waals surface area contributed by atoms with Gasteiger partial charge in [-0.25, -0.2) is 8.42 Å². The van der Waals surface area contributed by atoms with E-state index in [-0.39, 0.29) is 5.76 Å². The summed E-state index contributed by atoms with van der Waals surface area (Å²) in [5.74, 6) is -2.10. The molecule has 0 aliphatic rings. The minimum atomic E-state index is -3.45. The predicted molar refractivity (Wildman–Crippen MR) is 123 cm³/mol. The normalized spacial score (nSPS) is 11.8. The number of furan rings is 1. The van der Waals surface area contributed by atoms with Gasteiger partial charge in [-0.15, -0.1) is 0 Å². The van der Waals surface area contributed by atoms with Crippen LogP contribution in [0.5, 0.6) is 0 Å². The van der Waals surface area contributed by atoms with E-state index < -0.39 is 33.8 Å². The standard InChI is InChI=1S/C22H22N4O6S/c1-14(15-6-3-9-18(12-15)26-33(2,30)31)23-21(28)22(29)25-17-8-4-7-16(13-17)24-20(27)19-10-5-11-32-19/h3-14,26H,1-2H3,(H,23,28)(H,24,27)(H,25,29). The van der Waals surface area contributed by atoms with E-state index in [2.05, 4.69) is 20.7 Å². The van der Waals surface area contributed by atoms with Crippen molar-refractivity contribution < 1.29 is 27.2 Å². The number of carbonyl (C=O) groups excluding carboxylic acids is 3. The van der Waals surface area contributed by atoms with Crippen molar-refractivity contribution in [2.75, 3.05) is 21.6 Å². The van der Waals surface area contributed by atoms with Crippen molar-refractivity contribution >= 4 is 44.8 Å². The zero-order chi connectivity index (χ0) is 24.0. The maximum atomic E-state index is 12.3. The van der Waals surface area contributed by atoms with Crippen molar-refractivity contribution in [3.8, 4) is 0 Å². The van der Waals surface area contributed by atoms with Crippen LogP contribution in [0.25, 0.3) is 0 Å². The van der Waals surface area contributed by atoms with Crippen LogP contribution in [0.1, 0.15) is 29.1 Å². The third kappa shape index (κ3) is 6.94. The monoisotopic (exact) mass is 470 g/mol. The van der Waals surface area contributed by atoms with E-state index >= 15 is 0 Å². The molecule has 0 radical (unpaired) electrons. The van der Waals surface area contributed by atoms with E-state index in [1.807, 2.05) is 0 Å². The van der Waals surface area contributed by atoms with E-state index in [1.54, 1.807) is 55.5 Å². The van der Waals surface area contributed by atoms with Crippen LogP contribution < -0.4 is 20.7 Å². The van der Waals surface area contributed by atoms with Crippen LogP contribution in [0.15, 0.2) is 71.3 Å². The Morgan fingerprint density at radius 1 is 0.848 bits per heavy atom. The summed E-state index contributed by atoms with van der Waals surface area (Å²) in [6.45, 7) is 1.66. The molecule has 1 unspecified atom stereocenters. The quantitative estimate of drug-likeness (QED) is 0.391. The highest BCUT2D eigenvalue weighted by Crippen LogP contribution is 2.19. The lowest BCUT2D eigenvalue weighted by molar-refractivity contribution is -0.136. The number of hydrogen-bond acceptors (Lipinski definition) is 6. The third-order valence-electron chi connectivity index (χ3n) is 4.37. The van der Waals surface area contributed by atoms with Gasteiger partial charge < -0.3 is 20.4 Å². The number of amides is 3. The highest BCUT2D eigenvalue weighted by Gasteiger charge is 2.18. The largest absolute Gasteiger partial charge is 0.459 e. The van der Waals surface area contributed by atoms with E-state index in [0.717, 1.165) is 6.26 Å². The molecule has 1 atom stereocenters. The summed E-state index contributed by atoms with van der Waals surface area (Å²) in [6.07, 6.45) is 2.41. The van der Waals surface area contributed by atoms with Gasteiger partial charge in [-0.1, -0.05) is 18.2 Å². The number of benzene rings is 2. The van der Waals surface area contributed by atoms with Crippen molar-refractivity contribution in [3.05, 3.63) is 78.3 Å². The molecule has 0 saturated carbocycles. The highest BCUT2D eigenvalue weighted by molar-refractivity contribution is 7.92. The van der Waals surface area contributed by atoms with Crippen LogP contribution in [0, 0.1) is 0 Å². The van der Waals surface area contributed by atoms with Gasteiger partial charge in [-0.05, 0) is 55.0 Å². The smallest absolute Gasteiger partial charge is 0.313 e. The first-order chi connectivity index (χ1) is 15.6. The van der Waals surface area contributed by atoms with Crippen LogP contribution >= 0.6 is 0 Å². The SMILES string of the molecule is CC(NC(=O)C(=O)Nc1cccc(NC(=O)c2ccco2)c1)c1cccc(NS(C)(=O)=O)c1. The predicted octanol–water partition coefficient (Wildman–Crippen LogP) is 2.72. The second-order valence-corrected chi connectivity index (χ2v) is 8.91. The number of rotatable bonds is 7. The van der Waals surface area contributed by atoms with E-state index in [0.29, 0.717) is 22.6 Å². The summed E-state index contributed by atoms with van der Waals surface area (Å²) < 4.78 is 30.2. The van der Waals surface area contributed by atoms with Gasteiger partial charge in [0.2, 0.25) is 10.0 Å². The van der Waals surface area contributed by atoms with Crippen LogP contribution in [-0.2, 0) is 19.6 Å². The molecule has 0 bridgehead atoms. The van der Waals surface area contributed by atoms with Crippen LogP contribution in [0.3, 0.4) is 0 Å². The first-order valence-electron chi connectivity index (χ1n) is 9.75. The van der Waals surface area contributed by atoms with Gasteiger partial charge in [-0.2, -0.15) is 0 Å². The molecule has 0 aliphatic heterocycles. The van der Waals surface area contributed by atoms with Gasteiger partial charge in [-0.3, -0.25) is 19.1 Å². The van der Waals surface area contributed by atoms with Gasteiger partial charge in [0.1, 0.15) is 0 Å². The van der Waals surface area contributed by atoms with Crippen LogP contribution in [0.4, 0.5) is 17.1 Å². The van der Waals surface area contributed by atoms with Crippen molar-refractivity contribution in [2.45, 2.75) is 13.0 Å². The average Bonchev–Trinajstić information content (AvgIpc) is 3.28. The molecule has 172 valence electrons. The molecular formula is C22H22N4O6S. The van der Waals surface area contributed by atoms with Crippen molar-refractivity contribution in [2.24, 2.45) is 0 Å². The van der Waals surface area contributed by atoms with Gasteiger partial charge >= 0.3 is 11.8 Å². The topological polar surface area (TPSA) is 147 Å². The molecule has 0 spiro atoms. The minimum absolute atomic E-state index is 0.133. The summed E-state index contributed by atoms with van der Waals surface area (Å²) in [4.78, 5) is 36.8. The first kappa shape index (κ1) is 23.5. The van der Waals surface area contributed by atoms with Crippen LogP contribution in [-0.4, -0.2) is 32.4 Å². The summed E-state index contributed by atoms with van der Waals surface area (Å²) in [7, 11) is -3.45. The maximum Gasteiger partial charge on any atom is 0.313 e. The van der Waals surface area contributed by atoms with E-state index in [1.165, 1.54) is 18.4 Å². The van der Waals surface area contributed by atoms with Crippen molar-refractivity contribution in [1.82, 2.24) is 5.32 Å².